The molecule has 2 saturated heterocycles. The molecule has 124 valence electrons. The first-order valence-corrected chi connectivity index (χ1v) is 8.40. The Labute approximate surface area is 141 Å². The van der Waals surface area contributed by atoms with E-state index >= 15 is 0 Å². The van der Waals surface area contributed by atoms with Crippen LogP contribution in [0.3, 0.4) is 0 Å². The highest BCUT2D eigenvalue weighted by molar-refractivity contribution is 5.50. The van der Waals surface area contributed by atoms with Gasteiger partial charge in [0.1, 0.15) is 5.76 Å². The van der Waals surface area contributed by atoms with E-state index in [0.29, 0.717) is 18.2 Å². The van der Waals surface area contributed by atoms with Gasteiger partial charge in [0.05, 0.1) is 42.7 Å². The van der Waals surface area contributed by atoms with Crippen LogP contribution < -0.4 is 5.32 Å². The summed E-state index contributed by atoms with van der Waals surface area (Å²) < 4.78 is 11.6. The SMILES string of the molecule is N#Cc1cccc(NC2COC3(CCN(Cc4ccco4)C3)C2)c1. The number of benzene rings is 1. The second-order valence-electron chi connectivity index (χ2n) is 6.77. The second kappa shape index (κ2) is 6.31. The van der Waals surface area contributed by atoms with Crippen molar-refractivity contribution >= 4 is 5.69 Å². The van der Waals surface area contributed by atoms with Gasteiger partial charge in [0, 0.05) is 25.2 Å². The van der Waals surface area contributed by atoms with E-state index in [4.69, 9.17) is 14.4 Å². The normalized spacial score (nSPS) is 26.7. The minimum Gasteiger partial charge on any atom is -0.468 e. The summed E-state index contributed by atoms with van der Waals surface area (Å²) in [5.74, 6) is 1.01. The van der Waals surface area contributed by atoms with Gasteiger partial charge in [-0.25, -0.2) is 0 Å². The zero-order chi connectivity index (χ0) is 16.4. The monoisotopic (exact) mass is 323 g/mol. The van der Waals surface area contributed by atoms with Crippen LogP contribution in [0.1, 0.15) is 24.2 Å². The van der Waals surface area contributed by atoms with Crippen LogP contribution in [-0.2, 0) is 11.3 Å². The lowest BCUT2D eigenvalue weighted by atomic mass is 9.97. The van der Waals surface area contributed by atoms with Crippen molar-refractivity contribution in [3.63, 3.8) is 0 Å². The Kier molecular flexibility index (Phi) is 4.01. The molecule has 1 aromatic heterocycles. The van der Waals surface area contributed by atoms with E-state index in [-0.39, 0.29) is 5.60 Å². The van der Waals surface area contributed by atoms with E-state index in [1.807, 2.05) is 36.4 Å². The summed E-state index contributed by atoms with van der Waals surface area (Å²) in [5.41, 5.74) is 1.63. The Morgan fingerprint density at radius 2 is 2.29 bits per heavy atom. The molecule has 4 rings (SSSR count). The number of nitriles is 1. The first kappa shape index (κ1) is 15.3. The number of furan rings is 1. The van der Waals surface area contributed by atoms with Crippen LogP contribution in [0.15, 0.2) is 47.1 Å². The van der Waals surface area contributed by atoms with Crippen LogP contribution in [0, 0.1) is 11.3 Å². The molecule has 2 fully saturated rings. The number of hydrogen-bond acceptors (Lipinski definition) is 5. The molecule has 24 heavy (non-hydrogen) atoms. The van der Waals surface area contributed by atoms with Gasteiger partial charge in [-0.3, -0.25) is 4.90 Å². The van der Waals surface area contributed by atoms with Gasteiger partial charge in [0.15, 0.2) is 0 Å². The fraction of sp³-hybridized carbons (Fsp3) is 0.421. The first-order chi connectivity index (χ1) is 11.7. The Balaban J connectivity index is 1.35. The first-order valence-electron chi connectivity index (χ1n) is 8.40. The van der Waals surface area contributed by atoms with Crippen molar-refractivity contribution in [2.45, 2.75) is 31.0 Å². The molecule has 5 heteroatoms. The predicted molar refractivity (Wildman–Crippen MR) is 90.5 cm³/mol. The highest BCUT2D eigenvalue weighted by Gasteiger charge is 2.45. The lowest BCUT2D eigenvalue weighted by Gasteiger charge is -2.23. The molecule has 3 heterocycles. The quantitative estimate of drug-likeness (QED) is 0.937. The summed E-state index contributed by atoms with van der Waals surface area (Å²) in [6.45, 7) is 3.55. The minimum absolute atomic E-state index is 0.0445. The summed E-state index contributed by atoms with van der Waals surface area (Å²) in [7, 11) is 0. The smallest absolute Gasteiger partial charge is 0.117 e. The zero-order valence-corrected chi connectivity index (χ0v) is 13.6. The molecule has 0 saturated carbocycles. The average molecular weight is 323 g/mol. The molecule has 5 nitrogen and oxygen atoms in total. The van der Waals surface area contributed by atoms with E-state index in [1.54, 1.807) is 6.26 Å². The number of nitrogens with zero attached hydrogens (tertiary/aromatic N) is 2. The van der Waals surface area contributed by atoms with Gasteiger partial charge in [-0.15, -0.1) is 0 Å². The zero-order valence-electron chi connectivity index (χ0n) is 13.6. The molecule has 2 aromatic rings. The minimum atomic E-state index is -0.0445. The summed E-state index contributed by atoms with van der Waals surface area (Å²) in [6, 6.07) is 14.1. The van der Waals surface area contributed by atoms with E-state index < -0.39 is 0 Å². The molecule has 2 aliphatic heterocycles. The Bertz CT molecular complexity index is 737. The molecular formula is C19H21N3O2. The number of anilines is 1. The Morgan fingerprint density at radius 1 is 1.33 bits per heavy atom. The lowest BCUT2D eigenvalue weighted by molar-refractivity contribution is 0.0115. The van der Waals surface area contributed by atoms with E-state index in [1.165, 1.54) is 0 Å². The number of ether oxygens (including phenoxy) is 1. The third-order valence-corrected chi connectivity index (χ3v) is 4.93. The average Bonchev–Trinajstić information content (AvgIpc) is 3.32. The summed E-state index contributed by atoms with van der Waals surface area (Å²) >= 11 is 0. The maximum atomic E-state index is 9.01. The van der Waals surface area contributed by atoms with E-state index in [9.17, 15) is 0 Å². The lowest BCUT2D eigenvalue weighted by Crippen LogP contribution is -2.33. The predicted octanol–water partition coefficient (Wildman–Crippen LogP) is 3.00. The Morgan fingerprint density at radius 3 is 3.12 bits per heavy atom. The van der Waals surface area contributed by atoms with Crippen molar-refractivity contribution in [2.75, 3.05) is 25.0 Å². The van der Waals surface area contributed by atoms with Gasteiger partial charge in [0.25, 0.3) is 0 Å². The largest absolute Gasteiger partial charge is 0.468 e. The number of hydrogen-bond donors (Lipinski definition) is 1. The van der Waals surface area contributed by atoms with Gasteiger partial charge in [0.2, 0.25) is 0 Å². The van der Waals surface area contributed by atoms with Crippen LogP contribution >= 0.6 is 0 Å². The van der Waals surface area contributed by atoms with E-state index in [2.05, 4.69) is 16.3 Å². The second-order valence-corrected chi connectivity index (χ2v) is 6.77. The third-order valence-electron chi connectivity index (χ3n) is 4.93. The molecule has 2 unspecified atom stereocenters. The van der Waals surface area contributed by atoms with Crippen molar-refractivity contribution in [1.29, 1.82) is 5.26 Å². The molecule has 2 atom stereocenters. The van der Waals surface area contributed by atoms with Crippen molar-refractivity contribution in [3.8, 4) is 6.07 Å². The molecule has 1 N–H and O–H groups in total. The van der Waals surface area contributed by atoms with Gasteiger partial charge in [-0.1, -0.05) is 6.07 Å². The summed E-state index contributed by atoms with van der Waals surface area (Å²) in [6.07, 6.45) is 3.78. The van der Waals surface area contributed by atoms with Crippen molar-refractivity contribution in [2.24, 2.45) is 0 Å². The molecule has 1 spiro atoms. The third kappa shape index (κ3) is 3.16. The van der Waals surface area contributed by atoms with Gasteiger partial charge in [-0.2, -0.15) is 5.26 Å². The summed E-state index contributed by atoms with van der Waals surface area (Å²) in [4.78, 5) is 2.40. The number of nitrogens with one attached hydrogen (secondary N) is 1. The molecule has 0 radical (unpaired) electrons. The van der Waals surface area contributed by atoms with Crippen molar-refractivity contribution in [3.05, 3.63) is 54.0 Å². The molecule has 0 amide bonds. The topological polar surface area (TPSA) is 61.4 Å². The van der Waals surface area contributed by atoms with Gasteiger partial charge >= 0.3 is 0 Å². The van der Waals surface area contributed by atoms with Crippen molar-refractivity contribution < 1.29 is 9.15 Å². The molecule has 0 bridgehead atoms. The highest BCUT2D eigenvalue weighted by atomic mass is 16.5. The van der Waals surface area contributed by atoms with Crippen LogP contribution in [0.4, 0.5) is 5.69 Å². The summed E-state index contributed by atoms with van der Waals surface area (Å²) in [5, 5.41) is 12.5. The highest BCUT2D eigenvalue weighted by Crippen LogP contribution is 2.36. The maximum absolute atomic E-state index is 9.01. The standard InChI is InChI=1S/C19H21N3O2/c20-11-15-3-1-4-16(9-15)21-17-10-19(24-13-17)6-7-22(14-19)12-18-5-2-8-23-18/h1-5,8-9,17,21H,6-7,10,12-14H2. The molecular weight excluding hydrogens is 302 g/mol. The fourth-order valence-electron chi connectivity index (χ4n) is 3.82. The van der Waals surface area contributed by atoms with E-state index in [0.717, 1.165) is 43.9 Å². The van der Waals surface area contributed by atoms with Gasteiger partial charge in [-0.05, 0) is 36.8 Å². The molecule has 1 aromatic carbocycles. The van der Waals surface area contributed by atoms with Crippen LogP contribution in [-0.4, -0.2) is 36.2 Å². The Hall–Kier alpha value is -2.29. The van der Waals surface area contributed by atoms with Crippen LogP contribution in [0.2, 0.25) is 0 Å². The number of likely N-dealkylation sites (tertiary alicyclic amines) is 1. The molecule has 0 aliphatic carbocycles. The van der Waals surface area contributed by atoms with Crippen molar-refractivity contribution in [1.82, 2.24) is 4.90 Å². The maximum Gasteiger partial charge on any atom is 0.117 e. The fourth-order valence-corrected chi connectivity index (χ4v) is 3.82. The van der Waals surface area contributed by atoms with Crippen LogP contribution in [0.5, 0.6) is 0 Å². The number of rotatable bonds is 4. The molecule has 2 aliphatic rings. The van der Waals surface area contributed by atoms with Crippen LogP contribution in [0.25, 0.3) is 0 Å². The van der Waals surface area contributed by atoms with Gasteiger partial charge < -0.3 is 14.5 Å².